The Morgan fingerprint density at radius 3 is 2.81 bits per heavy atom. The van der Waals surface area contributed by atoms with E-state index in [0.29, 0.717) is 12.3 Å². The molecule has 0 aliphatic carbocycles. The molecule has 0 radical (unpaired) electrons. The summed E-state index contributed by atoms with van der Waals surface area (Å²) in [7, 11) is 0. The number of aromatic nitrogens is 2. The molecule has 1 heterocycles. The normalized spacial score (nSPS) is 11.1. The maximum Gasteiger partial charge on any atom is 0.182 e. The van der Waals surface area contributed by atoms with Gasteiger partial charge in [-0.2, -0.15) is 5.10 Å². The lowest BCUT2D eigenvalue weighted by molar-refractivity contribution is 0.0964. The third-order valence-electron chi connectivity index (χ3n) is 2.44. The van der Waals surface area contributed by atoms with Crippen LogP contribution in [0.2, 0.25) is 0 Å². The van der Waals surface area contributed by atoms with Gasteiger partial charge in [-0.25, -0.2) is 0 Å². The average molecular weight is 287 g/mol. The topological polar surface area (TPSA) is 34.9 Å². The maximum absolute atomic E-state index is 12.0. The summed E-state index contributed by atoms with van der Waals surface area (Å²) in [5, 5.41) is 4.20. The van der Waals surface area contributed by atoms with Crippen LogP contribution < -0.4 is 0 Å². The fourth-order valence-electron chi connectivity index (χ4n) is 1.56. The largest absolute Gasteiger partial charge is 0.292 e. The number of ketones is 1. The van der Waals surface area contributed by atoms with Gasteiger partial charge in [-0.3, -0.25) is 9.48 Å². The van der Waals surface area contributed by atoms with Gasteiger partial charge in [0.15, 0.2) is 5.78 Å². The van der Waals surface area contributed by atoms with Gasteiger partial charge in [0.25, 0.3) is 0 Å². The number of nitrogens with zero attached hydrogens (tertiary/aromatic N) is 2. The van der Waals surface area contributed by atoms with Crippen LogP contribution in [0.25, 0.3) is 0 Å². The van der Waals surface area contributed by atoms with Crippen molar-refractivity contribution in [3.05, 3.63) is 16.4 Å². The van der Waals surface area contributed by atoms with Crippen LogP contribution in [0, 0.1) is 5.92 Å². The molecule has 3 nitrogen and oxygen atoms in total. The van der Waals surface area contributed by atoms with Crippen LogP contribution in [-0.2, 0) is 6.54 Å². The molecule has 0 unspecified atom stereocenters. The SMILES string of the molecule is CCCn1ncc(Br)c1C(=O)CCC(C)C. The van der Waals surface area contributed by atoms with Crippen LogP contribution >= 0.6 is 15.9 Å². The molecule has 0 amide bonds. The molecular formula is C12H19BrN2O. The van der Waals surface area contributed by atoms with Crippen LogP contribution in [-0.4, -0.2) is 15.6 Å². The molecule has 4 heteroatoms. The molecule has 0 aliphatic rings. The molecule has 0 N–H and O–H groups in total. The van der Waals surface area contributed by atoms with Gasteiger partial charge >= 0.3 is 0 Å². The van der Waals surface area contributed by atoms with E-state index in [0.717, 1.165) is 29.6 Å². The molecule has 0 aliphatic heterocycles. The van der Waals surface area contributed by atoms with Gasteiger partial charge in [0, 0.05) is 13.0 Å². The second-order valence-electron chi connectivity index (χ2n) is 4.42. The van der Waals surface area contributed by atoms with Crippen LogP contribution in [0.15, 0.2) is 10.7 Å². The Balaban J connectivity index is 2.76. The van der Waals surface area contributed by atoms with Gasteiger partial charge in [-0.1, -0.05) is 20.8 Å². The first-order chi connectivity index (χ1) is 7.56. The van der Waals surface area contributed by atoms with Crippen molar-refractivity contribution in [3.63, 3.8) is 0 Å². The highest BCUT2D eigenvalue weighted by atomic mass is 79.9. The van der Waals surface area contributed by atoms with Crippen molar-refractivity contribution >= 4 is 21.7 Å². The number of halogens is 1. The Hall–Kier alpha value is -0.640. The van der Waals surface area contributed by atoms with Crippen molar-refractivity contribution < 1.29 is 4.79 Å². The zero-order chi connectivity index (χ0) is 12.1. The molecule has 0 atom stereocenters. The van der Waals surface area contributed by atoms with Crippen molar-refractivity contribution in [1.82, 2.24) is 9.78 Å². The molecule has 0 fully saturated rings. The lowest BCUT2D eigenvalue weighted by Crippen LogP contribution is -2.11. The summed E-state index contributed by atoms with van der Waals surface area (Å²) in [5.41, 5.74) is 0.725. The third-order valence-corrected chi connectivity index (χ3v) is 3.02. The van der Waals surface area contributed by atoms with Crippen molar-refractivity contribution in [2.75, 3.05) is 0 Å². The smallest absolute Gasteiger partial charge is 0.182 e. The fraction of sp³-hybridized carbons (Fsp3) is 0.667. The summed E-state index contributed by atoms with van der Waals surface area (Å²) in [6.45, 7) is 7.14. The van der Waals surface area contributed by atoms with Crippen LogP contribution in [0.5, 0.6) is 0 Å². The second kappa shape index (κ2) is 6.18. The molecule has 1 rings (SSSR count). The van der Waals surface area contributed by atoms with Gasteiger partial charge in [-0.15, -0.1) is 0 Å². The van der Waals surface area contributed by atoms with E-state index in [4.69, 9.17) is 0 Å². The molecule has 0 aromatic carbocycles. The van der Waals surface area contributed by atoms with Crippen LogP contribution in [0.4, 0.5) is 0 Å². The van der Waals surface area contributed by atoms with Crippen molar-refractivity contribution in [1.29, 1.82) is 0 Å². The van der Waals surface area contributed by atoms with E-state index in [-0.39, 0.29) is 5.78 Å². The number of Topliss-reactive ketones (excluding diaryl/α,β-unsaturated/α-hetero) is 1. The first-order valence-corrected chi connectivity index (χ1v) is 6.60. The number of hydrogen-bond acceptors (Lipinski definition) is 2. The number of hydrogen-bond donors (Lipinski definition) is 0. The minimum Gasteiger partial charge on any atom is -0.292 e. The first-order valence-electron chi connectivity index (χ1n) is 5.80. The minimum atomic E-state index is 0.187. The highest BCUT2D eigenvalue weighted by Crippen LogP contribution is 2.19. The molecule has 0 spiro atoms. The Morgan fingerprint density at radius 1 is 1.56 bits per heavy atom. The van der Waals surface area contributed by atoms with E-state index < -0.39 is 0 Å². The van der Waals surface area contributed by atoms with Gasteiger partial charge < -0.3 is 0 Å². The predicted octanol–water partition coefficient (Wildman–Crippen LogP) is 3.67. The van der Waals surface area contributed by atoms with Gasteiger partial charge in [0.2, 0.25) is 0 Å². The van der Waals surface area contributed by atoms with Gasteiger partial charge in [0.1, 0.15) is 5.69 Å². The molecule has 1 aromatic rings. The fourth-order valence-corrected chi connectivity index (χ4v) is 2.08. The molecule has 0 saturated heterocycles. The van der Waals surface area contributed by atoms with E-state index in [9.17, 15) is 4.79 Å². The Kier molecular flexibility index (Phi) is 5.19. The standard InChI is InChI=1S/C12H19BrN2O/c1-4-7-15-12(10(13)8-14-15)11(16)6-5-9(2)3/h8-9H,4-7H2,1-3H3. The van der Waals surface area contributed by atoms with E-state index in [1.54, 1.807) is 10.9 Å². The summed E-state index contributed by atoms with van der Waals surface area (Å²) in [6, 6.07) is 0. The molecule has 90 valence electrons. The van der Waals surface area contributed by atoms with E-state index in [1.807, 2.05) is 0 Å². The Morgan fingerprint density at radius 2 is 2.25 bits per heavy atom. The zero-order valence-corrected chi connectivity index (χ0v) is 11.7. The van der Waals surface area contributed by atoms with Crippen molar-refractivity contribution in [2.24, 2.45) is 5.92 Å². The summed E-state index contributed by atoms with van der Waals surface area (Å²) in [4.78, 5) is 12.0. The van der Waals surface area contributed by atoms with Crippen LogP contribution in [0.1, 0.15) is 50.5 Å². The second-order valence-corrected chi connectivity index (χ2v) is 5.27. The molecule has 0 saturated carbocycles. The van der Waals surface area contributed by atoms with E-state index in [1.165, 1.54) is 0 Å². The highest BCUT2D eigenvalue weighted by Gasteiger charge is 2.16. The summed E-state index contributed by atoms with van der Waals surface area (Å²) < 4.78 is 2.61. The first kappa shape index (κ1) is 13.4. The average Bonchev–Trinajstić information content (AvgIpc) is 2.57. The molecule has 16 heavy (non-hydrogen) atoms. The maximum atomic E-state index is 12.0. The Labute approximate surface area is 105 Å². The summed E-state index contributed by atoms with van der Waals surface area (Å²) in [6.07, 6.45) is 4.23. The molecular weight excluding hydrogens is 268 g/mol. The van der Waals surface area contributed by atoms with E-state index in [2.05, 4.69) is 41.8 Å². The molecule has 0 bridgehead atoms. The van der Waals surface area contributed by atoms with Crippen molar-refractivity contribution in [3.8, 4) is 0 Å². The Bertz CT molecular complexity index is 358. The number of carbonyl (C=O) groups excluding carboxylic acids is 1. The predicted molar refractivity (Wildman–Crippen MR) is 68.6 cm³/mol. The van der Waals surface area contributed by atoms with Gasteiger partial charge in [-0.05, 0) is 34.7 Å². The lowest BCUT2D eigenvalue weighted by Gasteiger charge is -2.07. The molecule has 1 aromatic heterocycles. The lowest BCUT2D eigenvalue weighted by atomic mass is 10.0. The quantitative estimate of drug-likeness (QED) is 0.748. The highest BCUT2D eigenvalue weighted by molar-refractivity contribution is 9.10. The summed E-state index contributed by atoms with van der Waals surface area (Å²) in [5.74, 6) is 0.747. The number of aryl methyl sites for hydroxylation is 1. The zero-order valence-electron chi connectivity index (χ0n) is 10.2. The minimum absolute atomic E-state index is 0.187. The number of rotatable bonds is 6. The number of carbonyl (C=O) groups is 1. The van der Waals surface area contributed by atoms with Crippen molar-refractivity contribution in [2.45, 2.75) is 46.6 Å². The summed E-state index contributed by atoms with van der Waals surface area (Å²) >= 11 is 3.39. The van der Waals surface area contributed by atoms with Gasteiger partial charge in [0.05, 0.1) is 10.7 Å². The third kappa shape index (κ3) is 3.44. The van der Waals surface area contributed by atoms with Crippen LogP contribution in [0.3, 0.4) is 0 Å². The monoisotopic (exact) mass is 286 g/mol. The van der Waals surface area contributed by atoms with E-state index >= 15 is 0 Å².